The zero-order valence-corrected chi connectivity index (χ0v) is 18.7. The van der Waals surface area contributed by atoms with Gasteiger partial charge in [-0.15, -0.1) is 0 Å². The lowest BCUT2D eigenvalue weighted by Gasteiger charge is -2.21. The van der Waals surface area contributed by atoms with Gasteiger partial charge in [0, 0.05) is 22.9 Å². The molecule has 158 valence electrons. The summed E-state index contributed by atoms with van der Waals surface area (Å²) in [5, 5.41) is 2.85. The second-order valence-corrected chi connectivity index (χ2v) is 10.1. The van der Waals surface area contributed by atoms with Crippen molar-refractivity contribution in [2.75, 3.05) is 0 Å². The normalized spacial score (nSPS) is 14.1. The van der Waals surface area contributed by atoms with Gasteiger partial charge in [-0.25, -0.2) is 0 Å². The van der Waals surface area contributed by atoms with Gasteiger partial charge in [-0.3, -0.25) is 0 Å². The Bertz CT molecular complexity index is 1880. The number of aromatic nitrogens is 1. The third-order valence-electron chi connectivity index (χ3n) is 8.41. The Balaban J connectivity index is 1.39. The van der Waals surface area contributed by atoms with Gasteiger partial charge in [0.1, 0.15) is 0 Å². The number of hydrogen-bond acceptors (Lipinski definition) is 0. The predicted octanol–water partition coefficient (Wildman–Crippen LogP) is 7.83. The largest absolute Gasteiger partial charge is 0.309 e. The summed E-state index contributed by atoms with van der Waals surface area (Å²) in [6.45, 7) is 0. The van der Waals surface area contributed by atoms with Gasteiger partial charge in [0.15, 0.2) is 0 Å². The van der Waals surface area contributed by atoms with E-state index < -0.39 is 0 Å². The first kappa shape index (κ1) is 17.4. The average Bonchev–Trinajstić information content (AvgIpc) is 3.53. The van der Waals surface area contributed by atoms with Crippen molar-refractivity contribution in [2.24, 2.45) is 0 Å². The van der Waals surface area contributed by atoms with E-state index in [4.69, 9.17) is 0 Å². The SMILES string of the molecule is c1ccc2c(c1)Cc1cc3c(cc1-2)-c1cc2c4c(c1C3)c1ccccc1n4-c1ccccc1C2. The van der Waals surface area contributed by atoms with Gasteiger partial charge >= 0.3 is 0 Å². The van der Waals surface area contributed by atoms with Gasteiger partial charge in [0.25, 0.3) is 0 Å². The van der Waals surface area contributed by atoms with Crippen LogP contribution in [0.1, 0.15) is 33.4 Å². The maximum absolute atomic E-state index is 2.53. The van der Waals surface area contributed by atoms with Crippen LogP contribution < -0.4 is 0 Å². The molecule has 0 N–H and O–H groups in total. The molecule has 2 heterocycles. The molecule has 0 saturated carbocycles. The molecule has 1 aromatic heterocycles. The van der Waals surface area contributed by atoms with Gasteiger partial charge in [0.05, 0.1) is 11.0 Å². The first-order valence-corrected chi connectivity index (χ1v) is 12.3. The maximum Gasteiger partial charge on any atom is 0.0579 e. The lowest BCUT2D eigenvalue weighted by Crippen LogP contribution is -2.08. The Morgan fingerprint density at radius 2 is 1.24 bits per heavy atom. The highest BCUT2D eigenvalue weighted by molar-refractivity contribution is 6.15. The van der Waals surface area contributed by atoms with Crippen LogP contribution >= 0.6 is 0 Å². The van der Waals surface area contributed by atoms with Crippen molar-refractivity contribution in [1.82, 2.24) is 4.57 Å². The molecule has 0 saturated heterocycles. The molecule has 1 heteroatoms. The lowest BCUT2D eigenvalue weighted by atomic mass is 9.91. The molecule has 0 atom stereocenters. The Morgan fingerprint density at radius 1 is 0.500 bits per heavy atom. The summed E-state index contributed by atoms with van der Waals surface area (Å²) in [5.74, 6) is 0. The van der Waals surface area contributed by atoms with Gasteiger partial charge < -0.3 is 4.57 Å². The van der Waals surface area contributed by atoms with E-state index in [-0.39, 0.29) is 0 Å². The minimum absolute atomic E-state index is 0.999. The van der Waals surface area contributed by atoms with Crippen LogP contribution in [-0.4, -0.2) is 4.57 Å². The molecule has 9 rings (SSSR count). The monoisotopic (exact) mass is 431 g/mol. The molecule has 34 heavy (non-hydrogen) atoms. The first-order valence-electron chi connectivity index (χ1n) is 12.3. The molecule has 0 amide bonds. The molecule has 0 bridgehead atoms. The molecule has 6 aromatic rings. The Kier molecular flexibility index (Phi) is 3.00. The molecule has 1 nitrogen and oxygen atoms in total. The van der Waals surface area contributed by atoms with E-state index in [1.807, 2.05) is 0 Å². The van der Waals surface area contributed by atoms with E-state index >= 15 is 0 Å². The van der Waals surface area contributed by atoms with Crippen molar-refractivity contribution < 1.29 is 0 Å². The molecule has 0 spiro atoms. The summed E-state index contributed by atoms with van der Waals surface area (Å²) in [6.07, 6.45) is 3.09. The van der Waals surface area contributed by atoms with Gasteiger partial charge in [-0.05, 0) is 92.7 Å². The van der Waals surface area contributed by atoms with E-state index in [0.717, 1.165) is 19.3 Å². The highest BCUT2D eigenvalue weighted by atomic mass is 15.0. The summed E-state index contributed by atoms with van der Waals surface area (Å²) in [6, 6.07) is 34.4. The lowest BCUT2D eigenvalue weighted by molar-refractivity contribution is 1.04. The van der Waals surface area contributed by atoms with Crippen molar-refractivity contribution in [1.29, 1.82) is 0 Å². The number of para-hydroxylation sites is 2. The highest BCUT2D eigenvalue weighted by Crippen LogP contribution is 2.50. The van der Waals surface area contributed by atoms with Gasteiger partial charge in [-0.1, -0.05) is 66.7 Å². The van der Waals surface area contributed by atoms with Crippen molar-refractivity contribution in [3.05, 3.63) is 124 Å². The first-order chi connectivity index (χ1) is 16.8. The summed E-state index contributed by atoms with van der Waals surface area (Å²) in [7, 11) is 0. The van der Waals surface area contributed by atoms with Crippen LogP contribution in [0.2, 0.25) is 0 Å². The second kappa shape index (κ2) is 5.87. The molecule has 2 aliphatic carbocycles. The van der Waals surface area contributed by atoms with E-state index in [2.05, 4.69) is 95.6 Å². The average molecular weight is 432 g/mol. The van der Waals surface area contributed by atoms with Crippen molar-refractivity contribution >= 4 is 21.8 Å². The standard InChI is InChI=1S/C33H21N/c1-3-9-24-19(7-1)13-21-15-22-16-29-28(27(22)18-26(21)24)17-23-14-20-8-2-5-11-30(20)34-31-12-6-4-10-25(31)32(29)33(23)34/h1-12,15,17-18H,13-14,16H2. The predicted molar refractivity (Wildman–Crippen MR) is 140 cm³/mol. The Morgan fingerprint density at radius 3 is 2.21 bits per heavy atom. The zero-order valence-electron chi connectivity index (χ0n) is 18.7. The van der Waals surface area contributed by atoms with Crippen LogP contribution in [0.4, 0.5) is 0 Å². The molecular formula is C33H21N. The summed E-state index contributed by atoms with van der Waals surface area (Å²) in [5.41, 5.74) is 18.7. The highest BCUT2D eigenvalue weighted by Gasteiger charge is 2.31. The molecule has 3 aliphatic rings. The fraction of sp³-hybridized carbons (Fsp3) is 0.0909. The number of benzene rings is 5. The molecule has 0 unspecified atom stereocenters. The van der Waals surface area contributed by atoms with E-state index in [9.17, 15) is 0 Å². The van der Waals surface area contributed by atoms with E-state index in [0.29, 0.717) is 0 Å². The Hall–Kier alpha value is -4.10. The number of nitrogens with zero attached hydrogens (tertiary/aromatic N) is 1. The summed E-state index contributed by atoms with van der Waals surface area (Å²) >= 11 is 0. The topological polar surface area (TPSA) is 4.93 Å². The van der Waals surface area contributed by atoms with Crippen LogP contribution in [-0.2, 0) is 19.3 Å². The van der Waals surface area contributed by atoms with Crippen LogP contribution in [0.15, 0.2) is 91.0 Å². The molecule has 1 aliphatic heterocycles. The number of hydrogen-bond donors (Lipinski definition) is 0. The van der Waals surface area contributed by atoms with E-state index in [1.165, 1.54) is 83.1 Å². The van der Waals surface area contributed by atoms with E-state index in [1.54, 1.807) is 0 Å². The fourth-order valence-electron chi connectivity index (χ4n) is 7.03. The minimum atomic E-state index is 0.999. The van der Waals surface area contributed by atoms with Crippen molar-refractivity contribution in [2.45, 2.75) is 19.3 Å². The number of fused-ring (bicyclic) bond motifs is 12. The quantitative estimate of drug-likeness (QED) is 0.231. The van der Waals surface area contributed by atoms with Crippen molar-refractivity contribution in [3.8, 4) is 27.9 Å². The van der Waals surface area contributed by atoms with Crippen molar-refractivity contribution in [3.63, 3.8) is 0 Å². The van der Waals surface area contributed by atoms with Crippen LogP contribution in [0, 0.1) is 0 Å². The molecule has 0 fully saturated rings. The minimum Gasteiger partial charge on any atom is -0.309 e. The molecule has 5 aromatic carbocycles. The smallest absolute Gasteiger partial charge is 0.0579 e. The Labute approximate surface area is 197 Å². The molecular weight excluding hydrogens is 410 g/mol. The van der Waals surface area contributed by atoms with Gasteiger partial charge in [0.2, 0.25) is 0 Å². The third-order valence-corrected chi connectivity index (χ3v) is 8.41. The van der Waals surface area contributed by atoms with Crippen LogP contribution in [0.3, 0.4) is 0 Å². The number of rotatable bonds is 0. The fourth-order valence-corrected chi connectivity index (χ4v) is 7.03. The van der Waals surface area contributed by atoms with Gasteiger partial charge in [-0.2, -0.15) is 0 Å². The van der Waals surface area contributed by atoms with Crippen LogP contribution in [0.25, 0.3) is 49.7 Å². The second-order valence-electron chi connectivity index (χ2n) is 10.1. The summed E-state index contributed by atoms with van der Waals surface area (Å²) < 4.78 is 2.53. The molecule has 0 radical (unpaired) electrons. The third kappa shape index (κ3) is 1.98. The summed E-state index contributed by atoms with van der Waals surface area (Å²) in [4.78, 5) is 0. The zero-order chi connectivity index (χ0) is 22.0. The maximum atomic E-state index is 2.53. The van der Waals surface area contributed by atoms with Crippen LogP contribution in [0.5, 0.6) is 0 Å².